The number of rotatable bonds is 5. The summed E-state index contributed by atoms with van der Waals surface area (Å²) >= 11 is 0. The van der Waals surface area contributed by atoms with E-state index in [1.165, 1.54) is 0 Å². The van der Waals surface area contributed by atoms with Crippen LogP contribution < -0.4 is 11.3 Å². The molecule has 2 aromatic carbocycles. The Morgan fingerprint density at radius 1 is 1.15 bits per heavy atom. The fraction of sp³-hybridized carbons (Fsp3) is 0.407. The molecule has 176 valence electrons. The van der Waals surface area contributed by atoms with E-state index in [1.807, 2.05) is 35.2 Å². The van der Waals surface area contributed by atoms with Crippen LogP contribution in [0.4, 0.5) is 0 Å². The molecule has 1 aromatic heterocycles. The van der Waals surface area contributed by atoms with Crippen LogP contribution >= 0.6 is 0 Å². The van der Waals surface area contributed by atoms with Gasteiger partial charge in [0.1, 0.15) is 11.5 Å². The predicted octanol–water partition coefficient (Wildman–Crippen LogP) is 3.10. The number of nitrogens with two attached hydrogens (primary N) is 1. The molecule has 2 heterocycles. The first-order chi connectivity index (χ1) is 16.3. The topological polar surface area (TPSA) is 105 Å². The highest BCUT2D eigenvalue weighted by atomic mass is 16.2. The zero-order chi connectivity index (χ0) is 24.0. The van der Waals surface area contributed by atoms with E-state index in [9.17, 15) is 9.59 Å². The summed E-state index contributed by atoms with van der Waals surface area (Å²) in [4.78, 5) is 33.2. The van der Waals surface area contributed by atoms with Gasteiger partial charge in [0.2, 0.25) is 5.91 Å². The molecule has 2 fully saturated rings. The largest absolute Gasteiger partial charge is 0.384 e. The van der Waals surface area contributed by atoms with Crippen molar-refractivity contribution in [2.24, 2.45) is 18.7 Å². The van der Waals surface area contributed by atoms with Crippen LogP contribution in [-0.4, -0.2) is 39.3 Å². The number of hydrogen-bond acceptors (Lipinski definition) is 4. The average Bonchev–Trinajstić information content (AvgIpc) is 3.64. The van der Waals surface area contributed by atoms with E-state index in [2.05, 4.69) is 6.92 Å². The second-order valence-corrected chi connectivity index (χ2v) is 9.97. The molecule has 0 radical (unpaired) electrons. The Morgan fingerprint density at radius 3 is 2.44 bits per heavy atom. The lowest BCUT2D eigenvalue weighted by Gasteiger charge is -2.33. The van der Waals surface area contributed by atoms with Crippen LogP contribution in [0.2, 0.25) is 0 Å². The highest BCUT2D eigenvalue weighted by Gasteiger charge is 2.53. The third-order valence-corrected chi connectivity index (χ3v) is 7.56. The van der Waals surface area contributed by atoms with Gasteiger partial charge in [-0.15, -0.1) is 0 Å². The van der Waals surface area contributed by atoms with E-state index in [0.717, 1.165) is 60.9 Å². The number of likely N-dealkylation sites (tertiary alicyclic amines) is 1. The number of amidine groups is 1. The summed E-state index contributed by atoms with van der Waals surface area (Å²) in [5.74, 6) is 0.943. The molecule has 0 bridgehead atoms. The van der Waals surface area contributed by atoms with Crippen molar-refractivity contribution >= 4 is 22.8 Å². The smallest absolute Gasteiger partial charge is 0.272 e. The first-order valence-corrected chi connectivity index (χ1v) is 12.0. The molecule has 5 rings (SSSR count). The van der Waals surface area contributed by atoms with E-state index in [4.69, 9.17) is 16.1 Å². The molecule has 7 heteroatoms. The summed E-state index contributed by atoms with van der Waals surface area (Å²) in [5.41, 5.74) is 9.52. The molecule has 1 saturated carbocycles. The van der Waals surface area contributed by atoms with Gasteiger partial charge in [-0.3, -0.25) is 15.0 Å². The van der Waals surface area contributed by atoms with Crippen LogP contribution in [0.1, 0.15) is 55.0 Å². The van der Waals surface area contributed by atoms with Crippen molar-refractivity contribution in [3.05, 3.63) is 75.2 Å². The summed E-state index contributed by atoms with van der Waals surface area (Å²) in [6.07, 6.45) is 4.26. The van der Waals surface area contributed by atoms with Gasteiger partial charge in [0, 0.05) is 32.1 Å². The summed E-state index contributed by atoms with van der Waals surface area (Å²) in [6.45, 7) is 3.94. The quantitative estimate of drug-likeness (QED) is 0.454. The SMILES string of the molecule is CC1CCN(C(=O)C2(c3ccc4c(c3)nc(Cc3ccc(C(=N)N)cc3)c(=O)n4C)CC2)CC1. The Balaban J connectivity index is 1.47. The van der Waals surface area contributed by atoms with Crippen molar-refractivity contribution in [3.63, 3.8) is 0 Å². The van der Waals surface area contributed by atoms with Gasteiger partial charge in [0.25, 0.3) is 5.56 Å². The van der Waals surface area contributed by atoms with Crippen LogP contribution in [0, 0.1) is 11.3 Å². The maximum absolute atomic E-state index is 13.5. The molecule has 34 heavy (non-hydrogen) atoms. The first-order valence-electron chi connectivity index (χ1n) is 12.0. The maximum atomic E-state index is 13.5. The number of nitrogens with zero attached hydrogens (tertiary/aromatic N) is 3. The summed E-state index contributed by atoms with van der Waals surface area (Å²) < 4.78 is 1.64. The van der Waals surface area contributed by atoms with Gasteiger partial charge in [-0.2, -0.15) is 0 Å². The number of fused-ring (bicyclic) bond motifs is 1. The molecule has 1 amide bonds. The Labute approximate surface area is 199 Å². The van der Waals surface area contributed by atoms with Crippen LogP contribution in [0.3, 0.4) is 0 Å². The van der Waals surface area contributed by atoms with Gasteiger partial charge in [-0.25, -0.2) is 4.98 Å². The van der Waals surface area contributed by atoms with Gasteiger partial charge in [0.05, 0.1) is 16.4 Å². The third-order valence-electron chi connectivity index (χ3n) is 7.56. The highest BCUT2D eigenvalue weighted by molar-refractivity contribution is 5.95. The number of piperidine rings is 1. The minimum absolute atomic E-state index is 0.0152. The number of carbonyl (C=O) groups is 1. The molecular formula is C27H31N5O2. The zero-order valence-electron chi connectivity index (χ0n) is 19.8. The Morgan fingerprint density at radius 2 is 1.82 bits per heavy atom. The van der Waals surface area contributed by atoms with E-state index < -0.39 is 5.41 Å². The lowest BCUT2D eigenvalue weighted by molar-refractivity contribution is -0.135. The van der Waals surface area contributed by atoms with Crippen molar-refractivity contribution < 1.29 is 4.79 Å². The number of amides is 1. The monoisotopic (exact) mass is 457 g/mol. The van der Waals surface area contributed by atoms with Gasteiger partial charge in [-0.1, -0.05) is 37.3 Å². The fourth-order valence-electron chi connectivity index (χ4n) is 5.07. The molecule has 0 unspecified atom stereocenters. The van der Waals surface area contributed by atoms with Gasteiger partial charge < -0.3 is 15.2 Å². The number of aryl methyl sites for hydroxylation is 1. The normalized spacial score (nSPS) is 17.6. The van der Waals surface area contributed by atoms with Crippen molar-refractivity contribution in [1.29, 1.82) is 5.41 Å². The second-order valence-electron chi connectivity index (χ2n) is 9.97. The standard InChI is InChI=1S/C27H31N5O2/c1-17-9-13-32(14-10-17)26(34)27(11-12-27)20-7-8-23-21(16-20)30-22(25(33)31(23)2)15-18-3-5-19(6-4-18)24(28)29/h3-8,16-17H,9-15H2,1-2H3,(H3,28,29). The Hall–Kier alpha value is -3.48. The molecule has 1 saturated heterocycles. The molecule has 1 aliphatic carbocycles. The van der Waals surface area contributed by atoms with Gasteiger partial charge in [0.15, 0.2) is 0 Å². The molecule has 3 aromatic rings. The molecular weight excluding hydrogens is 426 g/mol. The number of nitrogens with one attached hydrogen (secondary N) is 1. The van der Waals surface area contributed by atoms with Gasteiger partial charge in [-0.05, 0) is 54.9 Å². The summed E-state index contributed by atoms with van der Waals surface area (Å²) in [7, 11) is 1.77. The lowest BCUT2D eigenvalue weighted by Crippen LogP contribution is -2.43. The Kier molecular flexibility index (Phi) is 5.50. The predicted molar refractivity (Wildman–Crippen MR) is 133 cm³/mol. The summed E-state index contributed by atoms with van der Waals surface area (Å²) in [6, 6.07) is 13.2. The van der Waals surface area contributed by atoms with Crippen molar-refractivity contribution in [1.82, 2.24) is 14.5 Å². The van der Waals surface area contributed by atoms with E-state index >= 15 is 0 Å². The minimum Gasteiger partial charge on any atom is -0.384 e. The molecule has 7 nitrogen and oxygen atoms in total. The second kappa shape index (κ2) is 8.38. The minimum atomic E-state index is -0.437. The van der Waals surface area contributed by atoms with Crippen molar-refractivity contribution in [2.45, 2.75) is 44.4 Å². The third kappa shape index (κ3) is 3.89. The number of carbonyl (C=O) groups excluding carboxylic acids is 1. The summed E-state index contributed by atoms with van der Waals surface area (Å²) in [5, 5.41) is 7.54. The Bertz CT molecular complexity index is 1330. The first kappa shape index (κ1) is 22.3. The van der Waals surface area contributed by atoms with E-state index in [0.29, 0.717) is 23.6 Å². The van der Waals surface area contributed by atoms with Crippen LogP contribution in [0.5, 0.6) is 0 Å². The molecule has 1 aliphatic heterocycles. The number of aromatic nitrogens is 2. The molecule has 2 aliphatic rings. The van der Waals surface area contributed by atoms with Crippen LogP contribution in [0.15, 0.2) is 47.3 Å². The van der Waals surface area contributed by atoms with E-state index in [1.54, 1.807) is 23.7 Å². The highest BCUT2D eigenvalue weighted by Crippen LogP contribution is 2.50. The fourth-order valence-corrected chi connectivity index (χ4v) is 5.07. The number of benzene rings is 2. The molecule has 0 spiro atoms. The number of nitrogen functional groups attached to an aromatic ring is 1. The van der Waals surface area contributed by atoms with Crippen LogP contribution in [-0.2, 0) is 23.7 Å². The van der Waals surface area contributed by atoms with Crippen LogP contribution in [0.25, 0.3) is 11.0 Å². The molecule has 3 N–H and O–H groups in total. The lowest BCUT2D eigenvalue weighted by atomic mass is 9.91. The van der Waals surface area contributed by atoms with Crippen molar-refractivity contribution in [3.8, 4) is 0 Å². The van der Waals surface area contributed by atoms with E-state index in [-0.39, 0.29) is 17.3 Å². The number of hydrogen-bond donors (Lipinski definition) is 2. The maximum Gasteiger partial charge on any atom is 0.272 e. The average molecular weight is 458 g/mol. The van der Waals surface area contributed by atoms with Gasteiger partial charge >= 0.3 is 0 Å². The molecule has 0 atom stereocenters. The van der Waals surface area contributed by atoms with Crippen molar-refractivity contribution in [2.75, 3.05) is 13.1 Å². The zero-order valence-corrected chi connectivity index (χ0v) is 19.8.